The first kappa shape index (κ1) is 11.8. The number of pyridine rings is 1. The molecule has 0 aliphatic heterocycles. The summed E-state index contributed by atoms with van der Waals surface area (Å²) >= 11 is 0. The number of nitrogens with one attached hydrogen (secondary N) is 1. The van der Waals surface area contributed by atoms with Gasteiger partial charge in [-0.15, -0.1) is 0 Å². The van der Waals surface area contributed by atoms with Gasteiger partial charge in [-0.25, -0.2) is 4.79 Å². The zero-order chi connectivity index (χ0) is 13.1. The van der Waals surface area contributed by atoms with Crippen molar-refractivity contribution in [2.45, 2.75) is 0 Å². The van der Waals surface area contributed by atoms with Gasteiger partial charge in [-0.3, -0.25) is 14.5 Å². The van der Waals surface area contributed by atoms with Crippen LogP contribution in [0, 0.1) is 0 Å². The van der Waals surface area contributed by atoms with Crippen LogP contribution < -0.4 is 5.32 Å². The highest BCUT2D eigenvalue weighted by Gasteiger charge is 2.18. The van der Waals surface area contributed by atoms with Gasteiger partial charge in [0.2, 0.25) is 0 Å². The van der Waals surface area contributed by atoms with E-state index in [1.807, 2.05) is 0 Å². The number of anilines is 1. The maximum atomic E-state index is 11.9. The predicted octanol–water partition coefficient (Wildman–Crippen LogP) is 0.766. The van der Waals surface area contributed by atoms with E-state index in [9.17, 15) is 9.59 Å². The molecule has 0 radical (unpaired) electrons. The molecule has 0 saturated heterocycles. The van der Waals surface area contributed by atoms with Gasteiger partial charge in [0, 0.05) is 25.5 Å². The van der Waals surface area contributed by atoms with Crippen molar-refractivity contribution in [3.8, 4) is 0 Å². The van der Waals surface area contributed by atoms with Gasteiger partial charge in [-0.1, -0.05) is 0 Å². The van der Waals surface area contributed by atoms with Gasteiger partial charge in [0.1, 0.15) is 5.69 Å². The number of hydrogen-bond donors (Lipinski definition) is 2. The summed E-state index contributed by atoms with van der Waals surface area (Å²) in [6.07, 6.45) is 3.02. The highest BCUT2D eigenvalue weighted by Crippen LogP contribution is 2.09. The average molecular weight is 246 g/mol. The maximum absolute atomic E-state index is 11.9. The van der Waals surface area contributed by atoms with Gasteiger partial charge < -0.3 is 10.4 Å². The first-order chi connectivity index (χ1) is 8.58. The number of carbonyl (C=O) groups is 2. The van der Waals surface area contributed by atoms with Crippen LogP contribution in [0.2, 0.25) is 0 Å². The summed E-state index contributed by atoms with van der Waals surface area (Å²) in [5.74, 6) is -1.47. The largest absolute Gasteiger partial charge is 0.478 e. The Hall–Kier alpha value is -2.70. The fraction of sp³-hybridized carbons (Fsp3) is 0.0909. The molecule has 2 heterocycles. The van der Waals surface area contributed by atoms with Crippen molar-refractivity contribution < 1.29 is 14.7 Å². The van der Waals surface area contributed by atoms with Crippen molar-refractivity contribution in [1.82, 2.24) is 14.8 Å². The van der Waals surface area contributed by atoms with Gasteiger partial charge in [0.15, 0.2) is 5.82 Å². The number of hydrogen-bond acceptors (Lipinski definition) is 4. The lowest BCUT2D eigenvalue weighted by Crippen LogP contribution is -2.18. The van der Waals surface area contributed by atoms with Crippen LogP contribution >= 0.6 is 0 Å². The van der Waals surface area contributed by atoms with Crippen LogP contribution in [0.1, 0.15) is 20.8 Å². The molecule has 1 amide bonds. The number of carboxylic acid groups (broad SMARTS) is 1. The van der Waals surface area contributed by atoms with Crippen LogP contribution in [-0.4, -0.2) is 31.7 Å². The molecule has 0 spiro atoms. The summed E-state index contributed by atoms with van der Waals surface area (Å²) in [6, 6.07) is 4.38. The third-order valence-electron chi connectivity index (χ3n) is 2.21. The molecule has 2 aromatic rings. The van der Waals surface area contributed by atoms with Crippen LogP contribution in [-0.2, 0) is 7.05 Å². The molecule has 92 valence electrons. The van der Waals surface area contributed by atoms with Crippen molar-refractivity contribution in [3.05, 3.63) is 41.9 Å². The molecular formula is C11H10N4O3. The third-order valence-corrected chi connectivity index (χ3v) is 2.21. The molecule has 0 bridgehead atoms. The van der Waals surface area contributed by atoms with Gasteiger partial charge in [-0.05, 0) is 12.1 Å². The second-order valence-corrected chi connectivity index (χ2v) is 3.53. The van der Waals surface area contributed by atoms with E-state index >= 15 is 0 Å². The van der Waals surface area contributed by atoms with E-state index in [0.29, 0.717) is 5.82 Å². The minimum Gasteiger partial charge on any atom is -0.478 e. The zero-order valence-corrected chi connectivity index (χ0v) is 9.49. The van der Waals surface area contributed by atoms with Gasteiger partial charge in [0.25, 0.3) is 5.91 Å². The molecule has 0 aliphatic rings. The normalized spacial score (nSPS) is 10.1. The van der Waals surface area contributed by atoms with Crippen molar-refractivity contribution >= 4 is 17.7 Å². The number of rotatable bonds is 3. The average Bonchev–Trinajstić information content (AvgIpc) is 2.74. The second kappa shape index (κ2) is 4.66. The standard InChI is InChI=1S/C11H10N4O3/c1-15-6-4-8(14-15)13-10(16)9-7(11(17)18)3-2-5-12-9/h2-6H,1H3,(H,17,18)(H,13,14,16). The number of nitrogens with zero attached hydrogens (tertiary/aromatic N) is 3. The summed E-state index contributed by atoms with van der Waals surface area (Å²) in [6.45, 7) is 0. The summed E-state index contributed by atoms with van der Waals surface area (Å²) in [5, 5.41) is 15.4. The molecule has 0 unspecified atom stereocenters. The van der Waals surface area contributed by atoms with Gasteiger partial charge in [0.05, 0.1) is 5.56 Å². The highest BCUT2D eigenvalue weighted by atomic mass is 16.4. The number of carboxylic acids is 1. The summed E-state index contributed by atoms with van der Waals surface area (Å²) < 4.78 is 1.52. The second-order valence-electron chi connectivity index (χ2n) is 3.53. The van der Waals surface area contributed by atoms with Crippen LogP contribution in [0.25, 0.3) is 0 Å². The Morgan fingerprint density at radius 1 is 1.39 bits per heavy atom. The molecule has 18 heavy (non-hydrogen) atoms. The lowest BCUT2D eigenvalue weighted by molar-refractivity contribution is 0.0691. The van der Waals surface area contributed by atoms with Crippen molar-refractivity contribution in [3.63, 3.8) is 0 Å². The molecule has 2 rings (SSSR count). The smallest absolute Gasteiger partial charge is 0.338 e. The zero-order valence-electron chi connectivity index (χ0n) is 9.49. The van der Waals surface area contributed by atoms with E-state index in [4.69, 9.17) is 5.11 Å². The summed E-state index contributed by atoms with van der Waals surface area (Å²) in [5.41, 5.74) is -0.290. The molecule has 0 aliphatic carbocycles. The topological polar surface area (TPSA) is 97.1 Å². The molecule has 0 fully saturated rings. The Kier molecular flexibility index (Phi) is 3.05. The molecule has 2 aromatic heterocycles. The van der Waals surface area contributed by atoms with E-state index in [1.165, 1.54) is 23.0 Å². The van der Waals surface area contributed by atoms with Crippen molar-refractivity contribution in [2.24, 2.45) is 7.05 Å². The number of aromatic carboxylic acids is 1. The first-order valence-electron chi connectivity index (χ1n) is 5.07. The summed E-state index contributed by atoms with van der Waals surface area (Å²) in [7, 11) is 1.71. The van der Waals surface area contributed by atoms with Crippen LogP contribution in [0.3, 0.4) is 0 Å². The Labute approximate surface area is 102 Å². The Morgan fingerprint density at radius 3 is 2.78 bits per heavy atom. The van der Waals surface area contributed by atoms with E-state index in [0.717, 1.165) is 0 Å². The Bertz CT molecular complexity index is 606. The minimum atomic E-state index is -1.20. The number of aromatic nitrogens is 3. The highest BCUT2D eigenvalue weighted by molar-refractivity contribution is 6.08. The predicted molar refractivity (Wildman–Crippen MR) is 62.4 cm³/mol. The van der Waals surface area contributed by atoms with E-state index in [-0.39, 0.29) is 11.3 Å². The van der Waals surface area contributed by atoms with Crippen LogP contribution in [0.5, 0.6) is 0 Å². The fourth-order valence-corrected chi connectivity index (χ4v) is 1.42. The SMILES string of the molecule is Cn1ccc(NC(=O)c2ncccc2C(=O)O)n1. The molecule has 7 nitrogen and oxygen atoms in total. The molecule has 0 aromatic carbocycles. The van der Waals surface area contributed by atoms with Gasteiger partial charge in [-0.2, -0.15) is 5.10 Å². The minimum absolute atomic E-state index is 0.143. The lowest BCUT2D eigenvalue weighted by atomic mass is 10.2. The quantitative estimate of drug-likeness (QED) is 0.833. The molecule has 2 N–H and O–H groups in total. The van der Waals surface area contributed by atoms with Crippen LogP contribution in [0.4, 0.5) is 5.82 Å². The molecule has 0 saturated carbocycles. The van der Waals surface area contributed by atoms with Crippen molar-refractivity contribution in [2.75, 3.05) is 5.32 Å². The van der Waals surface area contributed by atoms with Gasteiger partial charge >= 0.3 is 5.97 Å². The van der Waals surface area contributed by atoms with E-state index in [2.05, 4.69) is 15.4 Å². The molecule has 0 atom stereocenters. The van der Waals surface area contributed by atoms with E-state index in [1.54, 1.807) is 19.3 Å². The third kappa shape index (κ3) is 2.34. The Morgan fingerprint density at radius 2 is 2.17 bits per heavy atom. The molecular weight excluding hydrogens is 236 g/mol. The number of amides is 1. The summed E-state index contributed by atoms with van der Waals surface area (Å²) in [4.78, 5) is 26.6. The molecule has 7 heteroatoms. The fourth-order valence-electron chi connectivity index (χ4n) is 1.42. The first-order valence-corrected chi connectivity index (χ1v) is 5.07. The monoisotopic (exact) mass is 246 g/mol. The number of carbonyl (C=O) groups excluding carboxylic acids is 1. The van der Waals surface area contributed by atoms with Crippen LogP contribution in [0.15, 0.2) is 30.6 Å². The maximum Gasteiger partial charge on any atom is 0.338 e. The van der Waals surface area contributed by atoms with E-state index < -0.39 is 11.9 Å². The van der Waals surface area contributed by atoms with Crippen molar-refractivity contribution in [1.29, 1.82) is 0 Å². The Balaban J connectivity index is 2.26. The lowest BCUT2D eigenvalue weighted by Gasteiger charge is -2.04. The number of aryl methyl sites for hydroxylation is 1.